The van der Waals surface area contributed by atoms with Crippen molar-refractivity contribution in [3.63, 3.8) is 0 Å². The number of nitrogen functional groups attached to an aromatic ring is 1. The highest BCUT2D eigenvalue weighted by molar-refractivity contribution is 7.13. The lowest BCUT2D eigenvalue weighted by molar-refractivity contribution is 0.518. The molecule has 0 bridgehead atoms. The van der Waals surface area contributed by atoms with Gasteiger partial charge in [0.15, 0.2) is 5.13 Å². The predicted molar refractivity (Wildman–Crippen MR) is 69.1 cm³/mol. The summed E-state index contributed by atoms with van der Waals surface area (Å²) in [6, 6.07) is 0. The van der Waals surface area contributed by atoms with Gasteiger partial charge < -0.3 is 5.73 Å². The summed E-state index contributed by atoms with van der Waals surface area (Å²) in [6.45, 7) is 6.48. The lowest BCUT2D eigenvalue weighted by atomic mass is 9.85. The van der Waals surface area contributed by atoms with Crippen molar-refractivity contribution in [3.8, 4) is 0 Å². The molecule has 2 N–H and O–H groups in total. The van der Waals surface area contributed by atoms with Gasteiger partial charge in [0.25, 0.3) is 0 Å². The summed E-state index contributed by atoms with van der Waals surface area (Å²) in [6.07, 6.45) is 4.09. The maximum absolute atomic E-state index is 5.60. The lowest BCUT2D eigenvalue weighted by Gasteiger charge is -2.18. The minimum atomic E-state index is 0.107. The van der Waals surface area contributed by atoms with Crippen LogP contribution in [-0.4, -0.2) is 4.98 Å². The Morgan fingerprint density at radius 3 is 2.44 bits per heavy atom. The molecule has 1 aliphatic rings. The first kappa shape index (κ1) is 11.0. The summed E-state index contributed by atoms with van der Waals surface area (Å²) in [5.74, 6) is 0. The highest BCUT2D eigenvalue weighted by Crippen LogP contribution is 2.29. The fourth-order valence-corrected chi connectivity index (χ4v) is 1.95. The first-order valence-electron chi connectivity index (χ1n) is 5.13. The van der Waals surface area contributed by atoms with E-state index in [-0.39, 0.29) is 5.41 Å². The average Bonchev–Trinajstić information content (AvgIpc) is 2.64. The van der Waals surface area contributed by atoms with Crippen LogP contribution in [0.4, 0.5) is 5.13 Å². The van der Waals surface area contributed by atoms with E-state index in [0.29, 0.717) is 5.13 Å². The molecule has 0 unspecified atom stereocenters. The molecule has 0 aromatic carbocycles. The molecular formula is C13H14N2S. The van der Waals surface area contributed by atoms with E-state index in [4.69, 9.17) is 5.73 Å². The van der Waals surface area contributed by atoms with Crippen LogP contribution in [0.3, 0.4) is 0 Å². The molecule has 1 heterocycles. The van der Waals surface area contributed by atoms with E-state index in [0.717, 1.165) is 16.8 Å². The molecule has 0 radical (unpaired) electrons. The van der Waals surface area contributed by atoms with Crippen molar-refractivity contribution in [2.45, 2.75) is 20.8 Å². The third-order valence-corrected chi connectivity index (χ3v) is 3.03. The summed E-state index contributed by atoms with van der Waals surface area (Å²) in [5, 5.41) is 2.52. The number of rotatable bonds is 1. The highest BCUT2D eigenvalue weighted by Gasteiger charge is 2.16. The van der Waals surface area contributed by atoms with E-state index in [1.807, 2.05) is 11.5 Å². The molecule has 0 amide bonds. The van der Waals surface area contributed by atoms with Gasteiger partial charge in [-0.1, -0.05) is 32.2 Å². The minimum absolute atomic E-state index is 0.107. The molecule has 1 aliphatic carbocycles. The molecule has 0 atom stereocenters. The number of anilines is 1. The van der Waals surface area contributed by atoms with Crippen molar-refractivity contribution >= 4 is 22.0 Å². The first-order valence-corrected chi connectivity index (χ1v) is 6.00. The van der Waals surface area contributed by atoms with Crippen molar-refractivity contribution < 1.29 is 0 Å². The van der Waals surface area contributed by atoms with Crippen LogP contribution in [0.15, 0.2) is 34.6 Å². The lowest BCUT2D eigenvalue weighted by Crippen LogP contribution is -2.07. The fraction of sp³-hybridized carbons (Fsp3) is 0.308. The van der Waals surface area contributed by atoms with Crippen molar-refractivity contribution in [2.75, 3.05) is 5.73 Å². The van der Waals surface area contributed by atoms with Gasteiger partial charge in [0.05, 0.1) is 11.3 Å². The summed E-state index contributed by atoms with van der Waals surface area (Å²) in [4.78, 5) is 4.22. The second-order valence-corrected chi connectivity index (χ2v) is 5.62. The van der Waals surface area contributed by atoms with Crippen LogP contribution in [0.5, 0.6) is 0 Å². The number of hydrogen-bond acceptors (Lipinski definition) is 3. The SMILES string of the molecule is CC(C)(C)C1=C=C=C(c2csc(N)n2)C=C1. The Hall–Kier alpha value is -1.53. The summed E-state index contributed by atoms with van der Waals surface area (Å²) >= 11 is 1.44. The molecule has 1 aromatic heterocycles. The normalized spacial score (nSPS) is 14.9. The zero-order valence-electron chi connectivity index (χ0n) is 9.66. The zero-order valence-corrected chi connectivity index (χ0v) is 10.5. The largest absolute Gasteiger partial charge is 0.375 e. The van der Waals surface area contributed by atoms with Crippen molar-refractivity contribution in [2.24, 2.45) is 5.41 Å². The average molecular weight is 230 g/mol. The van der Waals surface area contributed by atoms with Gasteiger partial charge in [-0.3, -0.25) is 0 Å². The molecule has 2 nitrogen and oxygen atoms in total. The summed E-state index contributed by atoms with van der Waals surface area (Å²) in [7, 11) is 0. The second-order valence-electron chi connectivity index (χ2n) is 4.73. The van der Waals surface area contributed by atoms with Gasteiger partial charge in [0, 0.05) is 11.0 Å². The van der Waals surface area contributed by atoms with Crippen LogP contribution in [0.1, 0.15) is 26.5 Å². The molecule has 0 saturated heterocycles. The quantitative estimate of drug-likeness (QED) is 0.751. The standard InChI is InChI=1S/C13H14N2S/c1-13(2,3)10-6-4-9(5-7-10)11-8-16-12(14)15-11/h4,6,8H,1-3H3,(H2,14,15). The molecule has 0 saturated carbocycles. The smallest absolute Gasteiger partial charge is 0.180 e. The number of nitrogens with zero attached hydrogens (tertiary/aromatic N) is 1. The topological polar surface area (TPSA) is 38.9 Å². The molecular weight excluding hydrogens is 216 g/mol. The molecule has 0 spiro atoms. The van der Waals surface area contributed by atoms with Crippen LogP contribution >= 0.6 is 11.3 Å². The van der Waals surface area contributed by atoms with Gasteiger partial charge in [0.1, 0.15) is 0 Å². The summed E-state index contributed by atoms with van der Waals surface area (Å²) in [5.41, 5.74) is 15.0. The van der Waals surface area contributed by atoms with E-state index in [2.05, 4.69) is 43.3 Å². The van der Waals surface area contributed by atoms with Gasteiger partial charge in [0.2, 0.25) is 0 Å². The van der Waals surface area contributed by atoms with E-state index in [1.54, 1.807) is 0 Å². The molecule has 1 aromatic rings. The molecule has 82 valence electrons. The van der Waals surface area contributed by atoms with Crippen molar-refractivity contribution in [1.82, 2.24) is 4.98 Å². The van der Waals surface area contributed by atoms with Crippen molar-refractivity contribution in [1.29, 1.82) is 0 Å². The summed E-state index contributed by atoms with van der Waals surface area (Å²) < 4.78 is 0. The predicted octanol–water partition coefficient (Wildman–Crippen LogP) is 3.41. The molecule has 0 aliphatic heterocycles. The highest BCUT2D eigenvalue weighted by atomic mass is 32.1. The fourth-order valence-electron chi connectivity index (χ4n) is 1.38. The number of allylic oxidation sites excluding steroid dienone is 4. The van der Waals surface area contributed by atoms with Gasteiger partial charge in [-0.25, -0.2) is 4.98 Å². The maximum Gasteiger partial charge on any atom is 0.180 e. The molecule has 3 heteroatoms. The van der Waals surface area contributed by atoms with E-state index in [1.165, 1.54) is 11.3 Å². The Bertz CT molecular complexity index is 543. The van der Waals surface area contributed by atoms with Crippen LogP contribution in [0.25, 0.3) is 5.57 Å². The Balaban J connectivity index is 2.45. The van der Waals surface area contributed by atoms with Crippen LogP contribution in [0.2, 0.25) is 0 Å². The van der Waals surface area contributed by atoms with Gasteiger partial charge in [-0.05, 0) is 17.6 Å². The Kier molecular flexibility index (Phi) is 2.61. The van der Waals surface area contributed by atoms with Crippen LogP contribution < -0.4 is 5.73 Å². The Labute approximate surface area is 99.5 Å². The monoisotopic (exact) mass is 230 g/mol. The first-order chi connectivity index (χ1) is 7.47. The van der Waals surface area contributed by atoms with Crippen LogP contribution in [-0.2, 0) is 0 Å². The Morgan fingerprint density at radius 2 is 2.00 bits per heavy atom. The number of aromatic nitrogens is 1. The maximum atomic E-state index is 5.60. The molecule has 0 fully saturated rings. The second kappa shape index (κ2) is 3.80. The van der Waals surface area contributed by atoms with Crippen molar-refractivity contribution in [3.05, 3.63) is 40.3 Å². The molecule has 16 heavy (non-hydrogen) atoms. The third kappa shape index (κ3) is 2.17. The number of hydrogen-bond donors (Lipinski definition) is 1. The Morgan fingerprint density at radius 1 is 1.25 bits per heavy atom. The van der Waals surface area contributed by atoms with E-state index < -0.39 is 0 Å². The van der Waals surface area contributed by atoms with Gasteiger partial charge >= 0.3 is 0 Å². The van der Waals surface area contributed by atoms with Crippen LogP contribution in [0, 0.1) is 5.41 Å². The van der Waals surface area contributed by atoms with E-state index in [9.17, 15) is 0 Å². The minimum Gasteiger partial charge on any atom is -0.375 e. The van der Waals surface area contributed by atoms with Gasteiger partial charge in [-0.2, -0.15) is 0 Å². The number of nitrogens with two attached hydrogens (primary N) is 1. The van der Waals surface area contributed by atoms with E-state index >= 15 is 0 Å². The zero-order chi connectivity index (χ0) is 11.8. The molecule has 2 rings (SSSR count). The number of thiazole rings is 1. The van der Waals surface area contributed by atoms with Gasteiger partial charge in [-0.15, -0.1) is 11.3 Å². The third-order valence-electron chi connectivity index (χ3n) is 2.35.